The normalized spacial score (nSPS) is 14.9. The van der Waals surface area contributed by atoms with Gasteiger partial charge in [0.1, 0.15) is 11.5 Å². The van der Waals surface area contributed by atoms with Crippen LogP contribution in [0.3, 0.4) is 0 Å². The molecule has 0 radical (unpaired) electrons. The van der Waals surface area contributed by atoms with Crippen LogP contribution in [-0.2, 0) is 14.3 Å². The van der Waals surface area contributed by atoms with Crippen LogP contribution in [0.15, 0.2) is 75.4 Å². The largest absolute Gasteiger partial charge is 0.493 e. The Morgan fingerprint density at radius 2 is 1.98 bits per heavy atom. The predicted octanol–water partition coefficient (Wildman–Crippen LogP) is 4.33. The first-order valence-electron chi connectivity index (χ1n) is 12.2. The van der Waals surface area contributed by atoms with E-state index in [1.165, 1.54) is 13.3 Å². The van der Waals surface area contributed by atoms with E-state index in [-0.39, 0.29) is 24.5 Å². The smallest absolute Gasteiger partial charge is 0.338 e. The Morgan fingerprint density at radius 1 is 1.15 bits per heavy atom. The van der Waals surface area contributed by atoms with Gasteiger partial charge in [0.2, 0.25) is 0 Å². The molecule has 3 aromatic rings. The number of carbonyl (C=O) groups is 3. The van der Waals surface area contributed by atoms with Gasteiger partial charge in [-0.05, 0) is 55.8 Å². The van der Waals surface area contributed by atoms with Crippen molar-refractivity contribution in [2.75, 3.05) is 20.3 Å². The number of carbonyl (C=O) groups excluding carboxylic acids is 3. The van der Waals surface area contributed by atoms with Gasteiger partial charge in [0.25, 0.3) is 5.91 Å². The molecule has 3 N–H and O–H groups in total. The highest BCUT2D eigenvalue weighted by Crippen LogP contribution is 2.34. The highest BCUT2D eigenvalue weighted by Gasteiger charge is 2.32. The lowest BCUT2D eigenvalue weighted by atomic mass is 9.95. The molecule has 2 heterocycles. The lowest BCUT2D eigenvalue weighted by Gasteiger charge is -2.28. The third-order valence-electron chi connectivity index (χ3n) is 5.76. The van der Waals surface area contributed by atoms with Gasteiger partial charge in [-0.25, -0.2) is 15.0 Å². The molecule has 12 heteroatoms. The molecule has 1 aliphatic rings. The second-order valence-electron chi connectivity index (χ2n) is 8.50. The number of nitrogens with zero attached hydrogens (tertiary/aromatic N) is 1. The summed E-state index contributed by atoms with van der Waals surface area (Å²) in [6.07, 6.45) is 1.37. The van der Waals surface area contributed by atoms with E-state index in [0.29, 0.717) is 33.6 Å². The Balaban J connectivity index is 1.38. The van der Waals surface area contributed by atoms with E-state index in [1.807, 2.05) is 12.1 Å². The number of amides is 3. The number of hydrogen-bond donors (Lipinski definition) is 3. The number of rotatable bonds is 10. The highest BCUT2D eigenvalue weighted by atomic mass is 35.5. The topological polar surface area (TPSA) is 140 Å². The van der Waals surface area contributed by atoms with Crippen LogP contribution in [-0.4, -0.2) is 44.4 Å². The number of nitrogens with one attached hydrogen (secondary N) is 3. The molecule has 0 aliphatic carbocycles. The number of ether oxygens (including phenoxy) is 3. The Kier molecular flexibility index (Phi) is 9.07. The van der Waals surface area contributed by atoms with Crippen LogP contribution in [0.25, 0.3) is 11.3 Å². The third-order valence-corrected chi connectivity index (χ3v) is 6.00. The zero-order valence-corrected chi connectivity index (χ0v) is 22.7. The molecule has 0 spiro atoms. The SMILES string of the molecule is CCOC(=O)C1=C(C)NC(=O)N[C@@H]1c1ccc(OCC(=O)N/N=C\c2ccc(-c3cccc(Cl)c3)o2)c(OC)c1. The number of esters is 1. The molecule has 3 amide bonds. The Bertz CT molecular complexity index is 1480. The van der Waals surface area contributed by atoms with Crippen LogP contribution < -0.4 is 25.5 Å². The molecule has 208 valence electrons. The summed E-state index contributed by atoms with van der Waals surface area (Å²) in [5, 5.41) is 9.80. The maximum atomic E-state index is 12.6. The molecule has 2 aromatic carbocycles. The first-order valence-corrected chi connectivity index (χ1v) is 12.6. The van der Waals surface area contributed by atoms with Crippen molar-refractivity contribution in [1.29, 1.82) is 0 Å². The van der Waals surface area contributed by atoms with Crippen molar-refractivity contribution in [1.82, 2.24) is 16.1 Å². The van der Waals surface area contributed by atoms with Gasteiger partial charge in [0.05, 0.1) is 31.5 Å². The Labute approximate surface area is 235 Å². The molecule has 40 heavy (non-hydrogen) atoms. The summed E-state index contributed by atoms with van der Waals surface area (Å²) in [6, 6.07) is 14.3. The van der Waals surface area contributed by atoms with E-state index >= 15 is 0 Å². The molecule has 1 aliphatic heterocycles. The van der Waals surface area contributed by atoms with Crippen LogP contribution in [0.1, 0.15) is 31.2 Å². The average molecular weight is 567 g/mol. The van der Waals surface area contributed by atoms with Crippen molar-refractivity contribution in [3.8, 4) is 22.8 Å². The van der Waals surface area contributed by atoms with Crippen molar-refractivity contribution < 1.29 is 33.0 Å². The zero-order chi connectivity index (χ0) is 28.6. The number of hydrogen-bond acceptors (Lipinski definition) is 8. The number of furan rings is 1. The van der Waals surface area contributed by atoms with Gasteiger partial charge in [-0.1, -0.05) is 29.8 Å². The minimum absolute atomic E-state index is 0.185. The number of urea groups is 1. The first-order chi connectivity index (χ1) is 19.3. The first kappa shape index (κ1) is 28.2. The number of hydrazone groups is 1. The molecule has 0 unspecified atom stereocenters. The zero-order valence-electron chi connectivity index (χ0n) is 21.9. The van der Waals surface area contributed by atoms with Gasteiger partial charge >= 0.3 is 12.0 Å². The van der Waals surface area contributed by atoms with E-state index < -0.39 is 23.9 Å². The van der Waals surface area contributed by atoms with Crippen molar-refractivity contribution in [2.45, 2.75) is 19.9 Å². The van der Waals surface area contributed by atoms with Crippen molar-refractivity contribution in [3.05, 3.63) is 82.2 Å². The molecule has 0 saturated heterocycles. The lowest BCUT2D eigenvalue weighted by molar-refractivity contribution is -0.139. The second kappa shape index (κ2) is 12.9. The molecular weight excluding hydrogens is 540 g/mol. The summed E-state index contributed by atoms with van der Waals surface area (Å²) in [4.78, 5) is 37.0. The molecule has 4 rings (SSSR count). The van der Waals surface area contributed by atoms with Crippen LogP contribution >= 0.6 is 11.6 Å². The van der Waals surface area contributed by atoms with E-state index in [2.05, 4.69) is 21.2 Å². The van der Waals surface area contributed by atoms with E-state index in [4.69, 9.17) is 30.2 Å². The van der Waals surface area contributed by atoms with E-state index in [0.717, 1.165) is 5.56 Å². The van der Waals surface area contributed by atoms with Crippen LogP contribution in [0.2, 0.25) is 5.02 Å². The van der Waals surface area contributed by atoms with Gasteiger partial charge in [-0.2, -0.15) is 5.10 Å². The van der Waals surface area contributed by atoms with Crippen LogP contribution in [0.4, 0.5) is 4.79 Å². The summed E-state index contributed by atoms with van der Waals surface area (Å²) in [5.41, 5.74) is 4.41. The Morgan fingerprint density at radius 3 is 2.73 bits per heavy atom. The van der Waals surface area contributed by atoms with Crippen molar-refractivity contribution in [3.63, 3.8) is 0 Å². The molecule has 1 aromatic heterocycles. The molecule has 1 atom stereocenters. The fourth-order valence-electron chi connectivity index (χ4n) is 3.97. The highest BCUT2D eigenvalue weighted by molar-refractivity contribution is 6.30. The maximum absolute atomic E-state index is 12.6. The van der Waals surface area contributed by atoms with Crippen LogP contribution in [0.5, 0.6) is 11.5 Å². The summed E-state index contributed by atoms with van der Waals surface area (Å²) in [6.45, 7) is 3.15. The number of benzene rings is 2. The van der Waals surface area contributed by atoms with Gasteiger partial charge in [-0.15, -0.1) is 0 Å². The van der Waals surface area contributed by atoms with Gasteiger partial charge in [0.15, 0.2) is 18.1 Å². The molecular formula is C28H27ClN4O7. The third kappa shape index (κ3) is 6.80. The summed E-state index contributed by atoms with van der Waals surface area (Å²) in [5.74, 6) is 0.554. The lowest BCUT2D eigenvalue weighted by Crippen LogP contribution is -2.45. The minimum Gasteiger partial charge on any atom is -0.493 e. The Hall–Kier alpha value is -4.77. The fraction of sp³-hybridized carbons (Fsp3) is 0.214. The molecule has 11 nitrogen and oxygen atoms in total. The number of methoxy groups -OCH3 is 1. The molecule has 0 saturated carbocycles. The van der Waals surface area contributed by atoms with Crippen molar-refractivity contribution in [2.24, 2.45) is 5.10 Å². The quantitative estimate of drug-likeness (QED) is 0.188. The summed E-state index contributed by atoms with van der Waals surface area (Å²) < 4.78 is 21.9. The number of halogens is 1. The summed E-state index contributed by atoms with van der Waals surface area (Å²) >= 11 is 6.02. The van der Waals surface area contributed by atoms with Gasteiger partial charge in [0, 0.05) is 16.3 Å². The van der Waals surface area contributed by atoms with Crippen LogP contribution in [0, 0.1) is 0 Å². The minimum atomic E-state index is -0.769. The second-order valence-corrected chi connectivity index (χ2v) is 8.93. The molecule has 0 fully saturated rings. The standard InChI is InChI=1S/C28H27ClN4O7/c1-4-38-27(35)25-16(2)31-28(36)32-26(25)18-8-10-22(23(13-18)37-3)39-15-24(34)33-30-14-20-9-11-21(40-20)17-6-5-7-19(29)12-17/h5-14,26H,4,15H2,1-3H3,(H,33,34)(H2,31,32,36)/b30-14-/t26-/m1/s1. The van der Waals surface area contributed by atoms with Crippen molar-refractivity contribution >= 4 is 35.7 Å². The average Bonchev–Trinajstić information content (AvgIpc) is 3.40. The van der Waals surface area contributed by atoms with Gasteiger partial charge < -0.3 is 29.3 Å². The van der Waals surface area contributed by atoms with E-state index in [9.17, 15) is 14.4 Å². The number of allylic oxidation sites excluding steroid dienone is 1. The van der Waals surface area contributed by atoms with E-state index in [1.54, 1.807) is 56.3 Å². The molecule has 0 bridgehead atoms. The predicted molar refractivity (Wildman–Crippen MR) is 147 cm³/mol. The maximum Gasteiger partial charge on any atom is 0.338 e. The van der Waals surface area contributed by atoms with Gasteiger partial charge in [-0.3, -0.25) is 4.79 Å². The summed E-state index contributed by atoms with van der Waals surface area (Å²) in [7, 11) is 1.44. The fourth-order valence-corrected chi connectivity index (χ4v) is 4.16. The monoisotopic (exact) mass is 566 g/mol.